The molecule has 20 heavy (non-hydrogen) atoms. The second kappa shape index (κ2) is 6.96. The van der Waals surface area contributed by atoms with E-state index in [-0.39, 0.29) is 5.91 Å². The predicted octanol–water partition coefficient (Wildman–Crippen LogP) is 1.83. The van der Waals surface area contributed by atoms with Gasteiger partial charge in [-0.3, -0.25) is 14.8 Å². The van der Waals surface area contributed by atoms with Crippen LogP contribution in [0.25, 0.3) is 11.0 Å². The number of aromatic nitrogens is 2. The number of rotatable bonds is 6. The first kappa shape index (κ1) is 14.4. The summed E-state index contributed by atoms with van der Waals surface area (Å²) in [4.78, 5) is 22.8. The van der Waals surface area contributed by atoms with Gasteiger partial charge in [0, 0.05) is 31.0 Å². The summed E-state index contributed by atoms with van der Waals surface area (Å²) in [6, 6.07) is 5.45. The highest BCUT2D eigenvalue weighted by Crippen LogP contribution is 2.13. The Morgan fingerprint density at radius 1 is 1.20 bits per heavy atom. The van der Waals surface area contributed by atoms with Gasteiger partial charge >= 0.3 is 0 Å². The number of amides is 1. The molecular weight excluding hydrogens is 252 g/mol. The van der Waals surface area contributed by atoms with E-state index < -0.39 is 0 Å². The minimum absolute atomic E-state index is 0.0350. The number of fused-ring (bicyclic) bond motifs is 1. The van der Waals surface area contributed by atoms with Gasteiger partial charge in [0.25, 0.3) is 5.91 Å². The van der Waals surface area contributed by atoms with Crippen molar-refractivity contribution in [1.82, 2.24) is 14.9 Å². The Morgan fingerprint density at radius 2 is 1.95 bits per heavy atom. The summed E-state index contributed by atoms with van der Waals surface area (Å²) < 4.78 is 0. The van der Waals surface area contributed by atoms with Crippen molar-refractivity contribution in [1.29, 1.82) is 0 Å². The molecule has 0 atom stereocenters. The SMILES string of the molecule is CCCN(CCCN)C(=O)c1ccc2nccnc2c1. The number of nitrogens with two attached hydrogens (primary N) is 1. The fourth-order valence-electron chi connectivity index (χ4n) is 2.15. The first-order valence-corrected chi connectivity index (χ1v) is 6.96. The van der Waals surface area contributed by atoms with E-state index in [0.717, 1.165) is 30.4 Å². The van der Waals surface area contributed by atoms with Gasteiger partial charge in [0.05, 0.1) is 11.0 Å². The van der Waals surface area contributed by atoms with Crippen LogP contribution in [0.1, 0.15) is 30.1 Å². The van der Waals surface area contributed by atoms with Gasteiger partial charge in [-0.2, -0.15) is 0 Å². The van der Waals surface area contributed by atoms with Crippen LogP contribution in [-0.4, -0.2) is 40.4 Å². The molecule has 0 saturated carbocycles. The van der Waals surface area contributed by atoms with E-state index in [1.165, 1.54) is 0 Å². The lowest BCUT2D eigenvalue weighted by Crippen LogP contribution is -2.33. The van der Waals surface area contributed by atoms with E-state index in [1.54, 1.807) is 18.5 Å². The van der Waals surface area contributed by atoms with Crippen LogP contribution >= 0.6 is 0 Å². The summed E-state index contributed by atoms with van der Waals surface area (Å²) in [5.74, 6) is 0.0350. The first-order valence-electron chi connectivity index (χ1n) is 6.96. The summed E-state index contributed by atoms with van der Waals surface area (Å²) in [6.45, 7) is 4.10. The Morgan fingerprint density at radius 3 is 2.65 bits per heavy atom. The first-order chi connectivity index (χ1) is 9.76. The van der Waals surface area contributed by atoms with E-state index in [9.17, 15) is 4.79 Å². The number of carbonyl (C=O) groups excluding carboxylic acids is 1. The summed E-state index contributed by atoms with van der Waals surface area (Å²) >= 11 is 0. The highest BCUT2D eigenvalue weighted by atomic mass is 16.2. The van der Waals surface area contributed by atoms with Crippen LogP contribution in [0.5, 0.6) is 0 Å². The Kier molecular flexibility index (Phi) is 5.01. The van der Waals surface area contributed by atoms with Gasteiger partial charge in [-0.05, 0) is 37.6 Å². The Labute approximate surface area is 118 Å². The average Bonchev–Trinajstić information content (AvgIpc) is 2.50. The van der Waals surface area contributed by atoms with Crippen molar-refractivity contribution in [3.63, 3.8) is 0 Å². The molecule has 0 bridgehead atoms. The molecule has 1 heterocycles. The van der Waals surface area contributed by atoms with Gasteiger partial charge in [-0.25, -0.2) is 0 Å². The minimum Gasteiger partial charge on any atom is -0.339 e. The van der Waals surface area contributed by atoms with Crippen LogP contribution in [-0.2, 0) is 0 Å². The van der Waals surface area contributed by atoms with E-state index in [1.807, 2.05) is 17.0 Å². The van der Waals surface area contributed by atoms with Gasteiger partial charge in [-0.15, -0.1) is 0 Å². The van der Waals surface area contributed by atoms with Crippen molar-refractivity contribution >= 4 is 16.9 Å². The van der Waals surface area contributed by atoms with Crippen LogP contribution in [0.15, 0.2) is 30.6 Å². The standard InChI is InChI=1S/C15H20N4O/c1-2-9-19(10-3-6-16)15(20)12-4-5-13-14(11-12)18-8-7-17-13/h4-5,7-8,11H,2-3,6,9-10,16H2,1H3. The number of nitrogens with zero attached hydrogens (tertiary/aromatic N) is 3. The summed E-state index contributed by atoms with van der Waals surface area (Å²) in [5, 5.41) is 0. The van der Waals surface area contributed by atoms with Gasteiger partial charge in [0.2, 0.25) is 0 Å². The molecule has 0 unspecified atom stereocenters. The zero-order valence-corrected chi connectivity index (χ0v) is 11.7. The lowest BCUT2D eigenvalue weighted by molar-refractivity contribution is 0.0755. The fraction of sp³-hybridized carbons (Fsp3) is 0.400. The van der Waals surface area contributed by atoms with E-state index in [0.29, 0.717) is 18.7 Å². The second-order valence-electron chi connectivity index (χ2n) is 4.69. The van der Waals surface area contributed by atoms with Crippen LogP contribution < -0.4 is 5.73 Å². The monoisotopic (exact) mass is 272 g/mol. The number of hydrogen-bond donors (Lipinski definition) is 1. The molecular formula is C15H20N4O. The molecule has 0 spiro atoms. The average molecular weight is 272 g/mol. The maximum atomic E-state index is 12.5. The van der Waals surface area contributed by atoms with Crippen molar-refractivity contribution in [2.75, 3.05) is 19.6 Å². The fourth-order valence-corrected chi connectivity index (χ4v) is 2.15. The Bertz CT molecular complexity index is 585. The van der Waals surface area contributed by atoms with Crippen molar-refractivity contribution in [2.45, 2.75) is 19.8 Å². The van der Waals surface area contributed by atoms with Crippen molar-refractivity contribution < 1.29 is 4.79 Å². The summed E-state index contributed by atoms with van der Waals surface area (Å²) in [6.07, 6.45) is 5.03. The van der Waals surface area contributed by atoms with Gasteiger partial charge in [-0.1, -0.05) is 6.92 Å². The molecule has 1 amide bonds. The molecule has 0 saturated heterocycles. The number of benzene rings is 1. The molecule has 1 aromatic heterocycles. The molecule has 0 aliphatic heterocycles. The molecule has 0 aliphatic carbocycles. The molecule has 2 aromatic rings. The predicted molar refractivity (Wildman–Crippen MR) is 79.4 cm³/mol. The minimum atomic E-state index is 0.0350. The van der Waals surface area contributed by atoms with Crippen molar-refractivity contribution in [3.8, 4) is 0 Å². The summed E-state index contributed by atoms with van der Waals surface area (Å²) in [5.41, 5.74) is 7.73. The Balaban J connectivity index is 2.23. The molecule has 106 valence electrons. The lowest BCUT2D eigenvalue weighted by Gasteiger charge is -2.22. The third-order valence-corrected chi connectivity index (χ3v) is 3.13. The highest BCUT2D eigenvalue weighted by Gasteiger charge is 2.15. The van der Waals surface area contributed by atoms with Crippen molar-refractivity contribution in [2.24, 2.45) is 5.73 Å². The van der Waals surface area contributed by atoms with Gasteiger partial charge < -0.3 is 10.6 Å². The maximum absolute atomic E-state index is 12.5. The van der Waals surface area contributed by atoms with E-state index in [2.05, 4.69) is 16.9 Å². The third-order valence-electron chi connectivity index (χ3n) is 3.13. The van der Waals surface area contributed by atoms with E-state index >= 15 is 0 Å². The van der Waals surface area contributed by atoms with Crippen molar-refractivity contribution in [3.05, 3.63) is 36.2 Å². The van der Waals surface area contributed by atoms with Crippen LogP contribution in [0.3, 0.4) is 0 Å². The smallest absolute Gasteiger partial charge is 0.253 e. The normalized spacial score (nSPS) is 10.7. The van der Waals surface area contributed by atoms with Crippen LogP contribution in [0.4, 0.5) is 0 Å². The molecule has 2 N–H and O–H groups in total. The van der Waals surface area contributed by atoms with E-state index in [4.69, 9.17) is 5.73 Å². The number of carbonyl (C=O) groups is 1. The number of hydrogen-bond acceptors (Lipinski definition) is 4. The van der Waals surface area contributed by atoms with Crippen LogP contribution in [0.2, 0.25) is 0 Å². The quantitative estimate of drug-likeness (QED) is 0.870. The molecule has 5 nitrogen and oxygen atoms in total. The zero-order chi connectivity index (χ0) is 14.4. The second-order valence-corrected chi connectivity index (χ2v) is 4.69. The summed E-state index contributed by atoms with van der Waals surface area (Å²) in [7, 11) is 0. The Hall–Kier alpha value is -2.01. The maximum Gasteiger partial charge on any atom is 0.253 e. The molecule has 0 fully saturated rings. The van der Waals surface area contributed by atoms with Crippen LogP contribution in [0, 0.1) is 0 Å². The molecule has 5 heteroatoms. The van der Waals surface area contributed by atoms with Gasteiger partial charge in [0.1, 0.15) is 0 Å². The molecule has 0 radical (unpaired) electrons. The highest BCUT2D eigenvalue weighted by molar-refractivity contribution is 5.97. The van der Waals surface area contributed by atoms with Gasteiger partial charge in [0.15, 0.2) is 0 Å². The topological polar surface area (TPSA) is 72.1 Å². The lowest BCUT2D eigenvalue weighted by atomic mass is 10.1. The molecule has 0 aliphatic rings. The zero-order valence-electron chi connectivity index (χ0n) is 11.7. The largest absolute Gasteiger partial charge is 0.339 e. The third kappa shape index (κ3) is 3.30. The molecule has 2 rings (SSSR count). The molecule has 1 aromatic carbocycles.